The zero-order valence-corrected chi connectivity index (χ0v) is 11.6. The summed E-state index contributed by atoms with van der Waals surface area (Å²) >= 11 is 1.60. The van der Waals surface area contributed by atoms with E-state index in [9.17, 15) is 4.79 Å². The Morgan fingerprint density at radius 1 is 1.38 bits per heavy atom. The fourth-order valence-electron chi connectivity index (χ4n) is 1.41. The van der Waals surface area contributed by atoms with Gasteiger partial charge in [0.25, 0.3) is 5.91 Å². The van der Waals surface area contributed by atoms with Crippen molar-refractivity contribution < 1.29 is 4.79 Å². The maximum absolute atomic E-state index is 11.9. The fourth-order valence-corrected chi connectivity index (χ4v) is 2.53. The first-order valence-corrected chi connectivity index (χ1v) is 6.51. The van der Waals surface area contributed by atoms with E-state index in [1.165, 1.54) is 4.88 Å². The van der Waals surface area contributed by atoms with Crippen molar-refractivity contribution in [2.24, 2.45) is 5.92 Å². The Morgan fingerprint density at radius 3 is 2.50 bits per heavy atom. The van der Waals surface area contributed by atoms with Crippen LogP contribution in [0.1, 0.15) is 49.2 Å². The van der Waals surface area contributed by atoms with Gasteiger partial charge >= 0.3 is 0 Å². The van der Waals surface area contributed by atoms with E-state index in [-0.39, 0.29) is 11.4 Å². The summed E-state index contributed by atoms with van der Waals surface area (Å²) in [6, 6.07) is 3.98. The van der Waals surface area contributed by atoms with Gasteiger partial charge in [-0.3, -0.25) is 4.79 Å². The highest BCUT2D eigenvalue weighted by Gasteiger charge is 2.16. The third-order valence-corrected chi connectivity index (χ3v) is 3.09. The number of hydrogen-bond donors (Lipinski definition) is 1. The largest absolute Gasteiger partial charge is 0.347 e. The molecule has 1 aromatic heterocycles. The Bertz CT molecular complexity index is 360. The molecule has 0 fully saturated rings. The maximum atomic E-state index is 11.9. The van der Waals surface area contributed by atoms with Crippen LogP contribution in [0.4, 0.5) is 0 Å². The Hall–Kier alpha value is -0.830. The summed E-state index contributed by atoms with van der Waals surface area (Å²) in [6.45, 7) is 10.4. The van der Waals surface area contributed by atoms with Crippen molar-refractivity contribution in [3.63, 3.8) is 0 Å². The highest BCUT2D eigenvalue weighted by molar-refractivity contribution is 7.14. The lowest BCUT2D eigenvalue weighted by molar-refractivity contribution is 0.0924. The minimum atomic E-state index is -0.167. The summed E-state index contributed by atoms with van der Waals surface area (Å²) in [5, 5.41) is 2.97. The molecule has 0 aromatic carbocycles. The molecule has 3 heteroatoms. The van der Waals surface area contributed by atoms with Crippen LogP contribution in [0.25, 0.3) is 0 Å². The lowest BCUT2D eigenvalue weighted by Gasteiger charge is -2.19. The van der Waals surface area contributed by atoms with Gasteiger partial charge in [0.05, 0.1) is 4.88 Å². The van der Waals surface area contributed by atoms with Crippen molar-refractivity contribution >= 4 is 17.2 Å². The molecule has 0 unspecified atom stereocenters. The molecule has 0 aliphatic rings. The van der Waals surface area contributed by atoms with Crippen molar-refractivity contribution in [3.05, 3.63) is 21.9 Å². The van der Waals surface area contributed by atoms with Crippen LogP contribution in [-0.2, 0) is 6.42 Å². The predicted molar refractivity (Wildman–Crippen MR) is 70.1 cm³/mol. The molecule has 0 aliphatic carbocycles. The summed E-state index contributed by atoms with van der Waals surface area (Å²) < 4.78 is 0. The second kappa shape index (κ2) is 5.00. The quantitative estimate of drug-likeness (QED) is 0.859. The zero-order valence-electron chi connectivity index (χ0n) is 10.8. The van der Waals surface area contributed by atoms with Gasteiger partial charge in [-0.25, -0.2) is 0 Å². The molecular formula is C13H21NOS. The molecule has 0 bridgehead atoms. The molecule has 0 atom stereocenters. The summed E-state index contributed by atoms with van der Waals surface area (Å²) in [6.07, 6.45) is 1.05. The van der Waals surface area contributed by atoms with Crippen LogP contribution in [0.5, 0.6) is 0 Å². The molecule has 16 heavy (non-hydrogen) atoms. The number of carbonyl (C=O) groups is 1. The second-order valence-corrected chi connectivity index (χ2v) is 6.74. The van der Waals surface area contributed by atoms with Crippen LogP contribution in [0.2, 0.25) is 0 Å². The SMILES string of the molecule is CC(C)Cc1ccc(C(=O)NC(C)(C)C)s1. The molecule has 0 saturated heterocycles. The van der Waals surface area contributed by atoms with Crippen molar-refractivity contribution in [1.29, 1.82) is 0 Å². The molecule has 0 radical (unpaired) electrons. The van der Waals surface area contributed by atoms with Gasteiger partial charge in [0.2, 0.25) is 0 Å². The van der Waals surface area contributed by atoms with Crippen LogP contribution in [0, 0.1) is 5.92 Å². The molecule has 1 amide bonds. The number of nitrogens with one attached hydrogen (secondary N) is 1. The van der Waals surface area contributed by atoms with Gasteiger partial charge in [0, 0.05) is 10.4 Å². The van der Waals surface area contributed by atoms with Gasteiger partial charge in [-0.1, -0.05) is 13.8 Å². The smallest absolute Gasteiger partial charge is 0.261 e. The van der Waals surface area contributed by atoms with Crippen molar-refractivity contribution in [1.82, 2.24) is 5.32 Å². The van der Waals surface area contributed by atoms with Crippen molar-refractivity contribution in [2.75, 3.05) is 0 Å². The summed E-state index contributed by atoms with van der Waals surface area (Å²) in [7, 11) is 0. The van der Waals surface area contributed by atoms with Gasteiger partial charge in [0.15, 0.2) is 0 Å². The Labute approximate surface area is 102 Å². The molecule has 90 valence electrons. The van der Waals surface area contributed by atoms with Crippen LogP contribution >= 0.6 is 11.3 Å². The van der Waals surface area contributed by atoms with Gasteiger partial charge in [-0.05, 0) is 45.2 Å². The van der Waals surface area contributed by atoms with E-state index in [1.54, 1.807) is 11.3 Å². The van der Waals surface area contributed by atoms with E-state index in [0.29, 0.717) is 5.92 Å². The number of thiophene rings is 1. The molecule has 1 heterocycles. The van der Waals surface area contributed by atoms with Crippen molar-refractivity contribution in [2.45, 2.75) is 46.6 Å². The minimum absolute atomic E-state index is 0.0347. The van der Waals surface area contributed by atoms with Gasteiger partial charge in [0.1, 0.15) is 0 Å². The van der Waals surface area contributed by atoms with Gasteiger partial charge in [-0.2, -0.15) is 0 Å². The molecule has 0 aliphatic heterocycles. The number of hydrogen-bond acceptors (Lipinski definition) is 2. The molecule has 2 nitrogen and oxygen atoms in total. The van der Waals surface area contributed by atoms with Gasteiger partial charge in [-0.15, -0.1) is 11.3 Å². The van der Waals surface area contributed by atoms with E-state index in [0.717, 1.165) is 11.3 Å². The third-order valence-electron chi connectivity index (χ3n) is 1.98. The molecule has 1 rings (SSSR count). The maximum Gasteiger partial charge on any atom is 0.261 e. The predicted octanol–water partition coefficient (Wildman–Crippen LogP) is 3.47. The average Bonchev–Trinajstić information content (AvgIpc) is 2.48. The molecule has 0 saturated carbocycles. The lowest BCUT2D eigenvalue weighted by Crippen LogP contribution is -2.40. The fraction of sp³-hybridized carbons (Fsp3) is 0.615. The molecule has 1 N–H and O–H groups in total. The lowest BCUT2D eigenvalue weighted by atomic mass is 10.1. The summed E-state index contributed by atoms with van der Waals surface area (Å²) in [4.78, 5) is 14.0. The first-order valence-electron chi connectivity index (χ1n) is 5.69. The number of amides is 1. The number of rotatable bonds is 3. The number of carbonyl (C=O) groups excluding carboxylic acids is 1. The summed E-state index contributed by atoms with van der Waals surface area (Å²) in [5.41, 5.74) is -0.167. The normalized spacial score (nSPS) is 11.9. The molecular weight excluding hydrogens is 218 g/mol. The zero-order chi connectivity index (χ0) is 12.3. The van der Waals surface area contributed by atoms with Crippen LogP contribution in [-0.4, -0.2) is 11.4 Å². The van der Waals surface area contributed by atoms with Crippen LogP contribution < -0.4 is 5.32 Å². The highest BCUT2D eigenvalue weighted by Crippen LogP contribution is 2.20. The van der Waals surface area contributed by atoms with E-state index < -0.39 is 0 Å². The molecule has 0 spiro atoms. The average molecular weight is 239 g/mol. The van der Waals surface area contributed by atoms with E-state index in [1.807, 2.05) is 26.8 Å². The Morgan fingerprint density at radius 2 is 2.00 bits per heavy atom. The Kier molecular flexibility index (Phi) is 4.14. The summed E-state index contributed by atoms with van der Waals surface area (Å²) in [5.74, 6) is 0.671. The van der Waals surface area contributed by atoms with Crippen LogP contribution in [0.3, 0.4) is 0 Å². The molecule has 1 aromatic rings. The first-order chi connectivity index (χ1) is 7.28. The van der Waals surface area contributed by atoms with E-state index in [2.05, 4.69) is 25.2 Å². The van der Waals surface area contributed by atoms with Gasteiger partial charge < -0.3 is 5.32 Å². The topological polar surface area (TPSA) is 29.1 Å². The first kappa shape index (κ1) is 13.2. The Balaban J connectivity index is 2.67. The highest BCUT2D eigenvalue weighted by atomic mass is 32.1. The third kappa shape index (κ3) is 4.35. The standard InChI is InChI=1S/C13H21NOS/c1-9(2)8-10-6-7-11(16-10)12(15)14-13(3,4)5/h6-7,9H,8H2,1-5H3,(H,14,15). The van der Waals surface area contributed by atoms with E-state index in [4.69, 9.17) is 0 Å². The second-order valence-electron chi connectivity index (χ2n) is 5.57. The van der Waals surface area contributed by atoms with E-state index >= 15 is 0 Å². The minimum Gasteiger partial charge on any atom is -0.347 e. The monoisotopic (exact) mass is 239 g/mol. The van der Waals surface area contributed by atoms with Crippen molar-refractivity contribution in [3.8, 4) is 0 Å². The van der Waals surface area contributed by atoms with Crippen LogP contribution in [0.15, 0.2) is 12.1 Å².